The molecule has 1 aliphatic rings. The Labute approximate surface area is 222 Å². The molecule has 1 aliphatic heterocycles. The van der Waals surface area contributed by atoms with Crippen molar-refractivity contribution in [2.45, 2.75) is 12.8 Å². The van der Waals surface area contributed by atoms with E-state index in [1.807, 2.05) is 6.07 Å². The Morgan fingerprint density at radius 1 is 1.08 bits per heavy atom. The first-order valence-electron chi connectivity index (χ1n) is 12.2. The van der Waals surface area contributed by atoms with Crippen LogP contribution in [-0.4, -0.2) is 72.3 Å². The molecule has 0 aliphatic carbocycles. The smallest absolute Gasteiger partial charge is 0.415 e. The molecular formula is C27H27N3O9. The molecule has 0 fully saturated rings. The number of hydrogen-bond acceptors (Lipinski definition) is 10. The van der Waals surface area contributed by atoms with Crippen molar-refractivity contribution < 1.29 is 38.4 Å². The van der Waals surface area contributed by atoms with E-state index in [1.165, 1.54) is 29.7 Å². The van der Waals surface area contributed by atoms with E-state index in [0.29, 0.717) is 45.1 Å². The molecule has 12 heteroatoms. The molecule has 0 saturated heterocycles. The van der Waals surface area contributed by atoms with Gasteiger partial charge in [0, 0.05) is 55.5 Å². The number of ether oxygens (including phenoxy) is 5. The average molecular weight is 538 g/mol. The molecule has 5 rings (SSSR count). The number of fused-ring (bicyclic) bond motifs is 6. The Bertz CT molecular complexity index is 1660. The van der Waals surface area contributed by atoms with Crippen LogP contribution in [0.1, 0.15) is 12.8 Å². The highest BCUT2D eigenvalue weighted by Crippen LogP contribution is 2.40. The number of pyridine rings is 2. The van der Waals surface area contributed by atoms with E-state index in [0.717, 1.165) is 5.39 Å². The Morgan fingerprint density at radius 3 is 2.56 bits per heavy atom. The lowest BCUT2D eigenvalue weighted by molar-refractivity contribution is -0.144. The number of methoxy groups -OCH3 is 1. The second kappa shape index (κ2) is 10.7. The van der Waals surface area contributed by atoms with Gasteiger partial charge in [-0.05, 0) is 24.6 Å². The molecule has 0 bridgehead atoms. The molecule has 0 saturated carbocycles. The molecule has 1 N–H and O–H groups in total. The van der Waals surface area contributed by atoms with Gasteiger partial charge in [-0.2, -0.15) is 0 Å². The molecule has 0 unspecified atom stereocenters. The van der Waals surface area contributed by atoms with E-state index in [4.69, 9.17) is 28.8 Å². The maximum atomic E-state index is 13.5. The normalized spacial score (nSPS) is 12.2. The van der Waals surface area contributed by atoms with Crippen molar-refractivity contribution in [3.63, 3.8) is 0 Å². The number of carbonyl (C=O) groups is 2. The minimum Gasteiger partial charge on any atom is -0.493 e. The molecule has 204 valence electrons. The van der Waals surface area contributed by atoms with Gasteiger partial charge < -0.3 is 38.3 Å². The number of amides is 1. The first kappa shape index (κ1) is 26.0. The summed E-state index contributed by atoms with van der Waals surface area (Å²) in [6.07, 6.45) is 1.37. The molecule has 0 atom stereocenters. The van der Waals surface area contributed by atoms with Crippen LogP contribution in [0, 0.1) is 0 Å². The molecule has 0 radical (unpaired) electrons. The number of likely N-dealkylation sites (N-methyl/N-ethyl adjacent to an activating group) is 1. The van der Waals surface area contributed by atoms with Gasteiger partial charge in [0.25, 0.3) is 5.56 Å². The third-order valence-corrected chi connectivity index (χ3v) is 6.54. The second-order valence-electron chi connectivity index (χ2n) is 8.99. The molecular weight excluding hydrogens is 510 g/mol. The topological polar surface area (TPSA) is 139 Å². The van der Waals surface area contributed by atoms with Gasteiger partial charge in [0.2, 0.25) is 6.79 Å². The molecule has 1 amide bonds. The van der Waals surface area contributed by atoms with Crippen molar-refractivity contribution in [2.75, 3.05) is 40.7 Å². The number of hydrogen-bond donors (Lipinski definition) is 1. The van der Waals surface area contributed by atoms with Crippen molar-refractivity contribution in [1.82, 2.24) is 14.5 Å². The minimum atomic E-state index is -0.722. The standard InChI is InChI=1S/C27H27N3O9/c1-29(6-8-36-24(32)5-4-7-31)27(34)39-23-10-16-15(9-20(23)35-3)18-13-28-19-12-22-21(37-14-38-22)11-17(19)25(18)30(2)26(16)33/h9-13,31H,4-8,14H2,1-3H3. The zero-order valence-corrected chi connectivity index (χ0v) is 21.7. The van der Waals surface area contributed by atoms with Crippen LogP contribution in [0.25, 0.3) is 32.6 Å². The SMILES string of the molecule is COc1cc2c(cc1OC(=O)N(C)CCOC(=O)CCCO)c(=O)n(C)c1c3cc4c(cc3ncc21)OCO4. The highest BCUT2D eigenvalue weighted by Gasteiger charge is 2.21. The van der Waals surface area contributed by atoms with Crippen LogP contribution >= 0.6 is 0 Å². The van der Waals surface area contributed by atoms with E-state index < -0.39 is 12.1 Å². The fraction of sp³-hybridized carbons (Fsp3) is 0.333. The lowest BCUT2D eigenvalue weighted by atomic mass is 10.0. The Balaban J connectivity index is 1.47. The van der Waals surface area contributed by atoms with Gasteiger partial charge in [-0.3, -0.25) is 14.6 Å². The maximum absolute atomic E-state index is 13.5. The van der Waals surface area contributed by atoms with Gasteiger partial charge >= 0.3 is 12.1 Å². The monoisotopic (exact) mass is 537 g/mol. The summed E-state index contributed by atoms with van der Waals surface area (Å²) in [5.41, 5.74) is 1.02. The van der Waals surface area contributed by atoms with Crippen LogP contribution in [0.5, 0.6) is 23.0 Å². The van der Waals surface area contributed by atoms with E-state index in [9.17, 15) is 14.4 Å². The second-order valence-corrected chi connectivity index (χ2v) is 8.99. The van der Waals surface area contributed by atoms with Crippen LogP contribution in [0.2, 0.25) is 0 Å². The summed E-state index contributed by atoms with van der Waals surface area (Å²) in [6.45, 7) is 0.0734. The number of esters is 1. The van der Waals surface area contributed by atoms with Crippen LogP contribution in [-0.2, 0) is 16.6 Å². The summed E-state index contributed by atoms with van der Waals surface area (Å²) in [6, 6.07) is 6.71. The van der Waals surface area contributed by atoms with E-state index in [1.54, 1.807) is 25.4 Å². The van der Waals surface area contributed by atoms with Gasteiger partial charge in [-0.1, -0.05) is 0 Å². The van der Waals surface area contributed by atoms with Crippen LogP contribution in [0.3, 0.4) is 0 Å². The largest absolute Gasteiger partial charge is 0.493 e. The fourth-order valence-electron chi connectivity index (χ4n) is 4.46. The first-order valence-corrected chi connectivity index (χ1v) is 12.2. The Hall–Kier alpha value is -4.58. The molecule has 4 aromatic rings. The summed E-state index contributed by atoms with van der Waals surface area (Å²) in [7, 11) is 4.59. The molecule has 0 spiro atoms. The lowest BCUT2D eigenvalue weighted by Crippen LogP contribution is -2.33. The van der Waals surface area contributed by atoms with Crippen molar-refractivity contribution in [1.29, 1.82) is 0 Å². The fourth-order valence-corrected chi connectivity index (χ4v) is 4.46. The van der Waals surface area contributed by atoms with Gasteiger partial charge in [0.15, 0.2) is 23.0 Å². The van der Waals surface area contributed by atoms with E-state index >= 15 is 0 Å². The molecule has 2 aromatic carbocycles. The number of aromatic nitrogens is 2. The predicted molar refractivity (Wildman–Crippen MR) is 141 cm³/mol. The van der Waals surface area contributed by atoms with Crippen molar-refractivity contribution in [3.8, 4) is 23.0 Å². The lowest BCUT2D eigenvalue weighted by Gasteiger charge is -2.19. The number of benzene rings is 2. The van der Waals surface area contributed by atoms with Gasteiger partial charge in [-0.25, -0.2) is 4.79 Å². The van der Waals surface area contributed by atoms with Crippen LogP contribution < -0.4 is 24.5 Å². The average Bonchev–Trinajstić information content (AvgIpc) is 3.40. The third kappa shape index (κ3) is 4.86. The van der Waals surface area contributed by atoms with Crippen molar-refractivity contribution in [2.24, 2.45) is 7.05 Å². The van der Waals surface area contributed by atoms with Crippen LogP contribution in [0.4, 0.5) is 4.79 Å². The molecule has 12 nitrogen and oxygen atoms in total. The van der Waals surface area contributed by atoms with Gasteiger partial charge in [-0.15, -0.1) is 0 Å². The number of aliphatic hydroxyl groups is 1. The number of carbonyl (C=O) groups excluding carboxylic acids is 2. The summed E-state index contributed by atoms with van der Waals surface area (Å²) in [5, 5.41) is 11.1. The quantitative estimate of drug-likeness (QED) is 0.264. The number of aliphatic hydroxyl groups excluding tert-OH is 1. The van der Waals surface area contributed by atoms with Gasteiger partial charge in [0.1, 0.15) is 6.61 Å². The Morgan fingerprint density at radius 2 is 1.82 bits per heavy atom. The first-order chi connectivity index (χ1) is 18.8. The molecule has 2 aromatic heterocycles. The zero-order valence-electron chi connectivity index (χ0n) is 21.7. The minimum absolute atomic E-state index is 0.0292. The van der Waals surface area contributed by atoms with E-state index in [2.05, 4.69) is 4.98 Å². The highest BCUT2D eigenvalue weighted by molar-refractivity contribution is 6.15. The van der Waals surface area contributed by atoms with E-state index in [-0.39, 0.29) is 50.0 Å². The zero-order chi connectivity index (χ0) is 27.7. The number of rotatable bonds is 8. The van der Waals surface area contributed by atoms with Crippen LogP contribution in [0.15, 0.2) is 35.3 Å². The highest BCUT2D eigenvalue weighted by atomic mass is 16.7. The Kier molecular flexibility index (Phi) is 7.11. The molecule has 3 heterocycles. The number of aryl methyl sites for hydroxylation is 1. The van der Waals surface area contributed by atoms with Gasteiger partial charge in [0.05, 0.1) is 30.1 Å². The van der Waals surface area contributed by atoms with Crippen molar-refractivity contribution >= 4 is 44.6 Å². The third-order valence-electron chi connectivity index (χ3n) is 6.54. The summed E-state index contributed by atoms with van der Waals surface area (Å²) in [4.78, 5) is 43.6. The van der Waals surface area contributed by atoms with Crippen molar-refractivity contribution in [3.05, 3.63) is 40.8 Å². The maximum Gasteiger partial charge on any atom is 0.415 e. The predicted octanol–water partition coefficient (Wildman–Crippen LogP) is 2.72. The number of nitrogens with zero attached hydrogens (tertiary/aromatic N) is 3. The summed E-state index contributed by atoms with van der Waals surface area (Å²) in [5.74, 6) is 1.03. The molecule has 39 heavy (non-hydrogen) atoms. The summed E-state index contributed by atoms with van der Waals surface area (Å²) < 4.78 is 28.6. The summed E-state index contributed by atoms with van der Waals surface area (Å²) >= 11 is 0.